The van der Waals surface area contributed by atoms with Crippen molar-refractivity contribution in [3.63, 3.8) is 0 Å². The molecule has 0 saturated carbocycles. The van der Waals surface area contributed by atoms with Gasteiger partial charge in [-0.15, -0.1) is 0 Å². The number of methoxy groups -OCH3 is 1. The third kappa shape index (κ3) is 4.42. The van der Waals surface area contributed by atoms with Gasteiger partial charge in [0.05, 0.1) is 17.5 Å². The van der Waals surface area contributed by atoms with Gasteiger partial charge in [0, 0.05) is 24.2 Å². The number of ether oxygens (including phenoxy) is 2. The summed E-state index contributed by atoms with van der Waals surface area (Å²) in [4.78, 5) is 4.75. The Morgan fingerprint density at radius 3 is 2.43 bits per heavy atom. The molecular weight excluding hydrogens is 398 g/mol. The highest BCUT2D eigenvalue weighted by molar-refractivity contribution is 7.90. The third-order valence-corrected chi connectivity index (χ3v) is 6.10. The van der Waals surface area contributed by atoms with Crippen LogP contribution in [-0.2, 0) is 16.5 Å². The predicted molar refractivity (Wildman–Crippen MR) is 117 cm³/mol. The molecule has 6 nitrogen and oxygen atoms in total. The number of nitrogens with one attached hydrogen (secondary N) is 2. The Bertz CT molecular complexity index is 1260. The number of nitrogens with zero attached hydrogens (tertiary/aromatic N) is 1. The smallest absolute Gasteiger partial charge is 0.138 e. The summed E-state index contributed by atoms with van der Waals surface area (Å²) in [6.07, 6.45) is 1.68. The van der Waals surface area contributed by atoms with Crippen LogP contribution >= 0.6 is 0 Å². The van der Waals surface area contributed by atoms with Crippen molar-refractivity contribution in [2.45, 2.75) is 11.4 Å². The summed E-state index contributed by atoms with van der Waals surface area (Å²) in [5, 5.41) is 0.858. The van der Waals surface area contributed by atoms with E-state index < -0.39 is 9.92 Å². The van der Waals surface area contributed by atoms with E-state index in [4.69, 9.17) is 14.3 Å². The molecule has 3 aromatic carbocycles. The van der Waals surface area contributed by atoms with Crippen LogP contribution in [0.5, 0.6) is 17.2 Å². The van der Waals surface area contributed by atoms with Gasteiger partial charge < -0.3 is 9.47 Å². The van der Waals surface area contributed by atoms with Crippen LogP contribution in [0.1, 0.15) is 5.56 Å². The van der Waals surface area contributed by atoms with Crippen LogP contribution in [0, 0.1) is 4.78 Å². The maximum absolute atomic E-state index is 12.8. The van der Waals surface area contributed by atoms with Crippen LogP contribution in [0.15, 0.2) is 90.0 Å². The van der Waals surface area contributed by atoms with Crippen LogP contribution < -0.4 is 14.2 Å². The summed E-state index contributed by atoms with van der Waals surface area (Å²) in [6.45, 7) is 0.355. The molecular formula is C23H21N3O3S. The SMILES string of the molecule is COc1ccc2c(Oc3ccc(S(=N)(=O)NCc4ccccc4)cc3)ccnc2c1. The molecule has 0 saturated heterocycles. The molecule has 2 N–H and O–H groups in total. The standard InChI is InChI=1S/C23H21N3O3S/c1-28-19-9-12-21-22(15-19)25-14-13-23(21)29-18-7-10-20(11-8-18)30(24,27)26-16-17-5-3-2-4-6-17/h2-15H,16H2,1H3,(H2,24,26,27). The number of pyridine rings is 1. The van der Waals surface area contributed by atoms with E-state index in [1.807, 2.05) is 48.5 Å². The molecule has 0 fully saturated rings. The average molecular weight is 420 g/mol. The first kappa shape index (κ1) is 19.9. The van der Waals surface area contributed by atoms with Gasteiger partial charge in [0.1, 0.15) is 27.2 Å². The first-order valence-corrected chi connectivity index (χ1v) is 10.9. The molecule has 1 unspecified atom stereocenters. The summed E-state index contributed by atoms with van der Waals surface area (Å²) in [6, 6.07) is 23.7. The van der Waals surface area contributed by atoms with Crippen LogP contribution in [0.3, 0.4) is 0 Å². The second kappa shape index (κ2) is 8.52. The lowest BCUT2D eigenvalue weighted by Gasteiger charge is -2.12. The molecule has 0 spiro atoms. The number of aromatic nitrogens is 1. The Kier molecular flexibility index (Phi) is 5.65. The lowest BCUT2D eigenvalue weighted by Crippen LogP contribution is -2.21. The van der Waals surface area contributed by atoms with Crippen molar-refractivity contribution < 1.29 is 13.7 Å². The molecule has 1 aromatic heterocycles. The third-order valence-electron chi connectivity index (χ3n) is 4.62. The van der Waals surface area contributed by atoms with E-state index in [9.17, 15) is 4.21 Å². The minimum atomic E-state index is -3.12. The van der Waals surface area contributed by atoms with E-state index in [1.54, 1.807) is 43.6 Å². The van der Waals surface area contributed by atoms with Gasteiger partial charge >= 0.3 is 0 Å². The highest BCUT2D eigenvalue weighted by Crippen LogP contribution is 2.31. The number of rotatable bonds is 7. The maximum atomic E-state index is 12.8. The van der Waals surface area contributed by atoms with Gasteiger partial charge in [0.2, 0.25) is 0 Å². The highest BCUT2D eigenvalue weighted by atomic mass is 32.2. The van der Waals surface area contributed by atoms with Crippen molar-refractivity contribution in [2.75, 3.05) is 7.11 Å². The average Bonchev–Trinajstić information content (AvgIpc) is 2.79. The monoisotopic (exact) mass is 419 g/mol. The fraction of sp³-hybridized carbons (Fsp3) is 0.0870. The van der Waals surface area contributed by atoms with Crippen LogP contribution in [0.4, 0.5) is 0 Å². The summed E-state index contributed by atoms with van der Waals surface area (Å²) < 4.78 is 35.0. The number of hydrogen-bond acceptors (Lipinski definition) is 5. The van der Waals surface area contributed by atoms with Crippen LogP contribution in [0.2, 0.25) is 0 Å². The lowest BCUT2D eigenvalue weighted by molar-refractivity contribution is 0.415. The first-order valence-electron chi connectivity index (χ1n) is 9.33. The number of hydrogen-bond donors (Lipinski definition) is 2. The molecule has 1 atom stereocenters. The van der Waals surface area contributed by atoms with Gasteiger partial charge in [-0.2, -0.15) is 0 Å². The zero-order valence-corrected chi connectivity index (χ0v) is 17.2. The van der Waals surface area contributed by atoms with Crippen molar-refractivity contribution in [1.82, 2.24) is 9.71 Å². The van der Waals surface area contributed by atoms with E-state index in [0.717, 1.165) is 22.2 Å². The molecule has 7 heteroatoms. The lowest BCUT2D eigenvalue weighted by atomic mass is 10.2. The summed E-state index contributed by atoms with van der Waals surface area (Å²) in [7, 11) is -1.51. The molecule has 30 heavy (non-hydrogen) atoms. The zero-order valence-electron chi connectivity index (χ0n) is 16.4. The minimum absolute atomic E-state index is 0.355. The Balaban J connectivity index is 1.50. The summed E-state index contributed by atoms with van der Waals surface area (Å²) >= 11 is 0. The topological polar surface area (TPSA) is 84.3 Å². The molecule has 152 valence electrons. The zero-order chi connectivity index (χ0) is 21.0. The molecule has 0 radical (unpaired) electrons. The highest BCUT2D eigenvalue weighted by Gasteiger charge is 2.11. The maximum Gasteiger partial charge on any atom is 0.138 e. The number of fused-ring (bicyclic) bond motifs is 1. The molecule has 4 aromatic rings. The van der Waals surface area contributed by atoms with Crippen LogP contribution in [-0.4, -0.2) is 16.3 Å². The van der Waals surface area contributed by atoms with Crippen LogP contribution in [0.25, 0.3) is 10.9 Å². The van der Waals surface area contributed by atoms with E-state index in [-0.39, 0.29) is 0 Å². The van der Waals surface area contributed by atoms with Crippen molar-refractivity contribution in [3.8, 4) is 17.2 Å². The summed E-state index contributed by atoms with van der Waals surface area (Å²) in [5.74, 6) is 1.97. The quantitative estimate of drug-likeness (QED) is 0.434. The Morgan fingerprint density at radius 1 is 0.967 bits per heavy atom. The van der Waals surface area contributed by atoms with E-state index in [1.165, 1.54) is 0 Å². The first-order chi connectivity index (χ1) is 14.5. The van der Waals surface area contributed by atoms with E-state index in [0.29, 0.717) is 22.9 Å². The van der Waals surface area contributed by atoms with E-state index >= 15 is 0 Å². The van der Waals surface area contributed by atoms with Crippen molar-refractivity contribution in [2.24, 2.45) is 0 Å². The van der Waals surface area contributed by atoms with Crippen molar-refractivity contribution in [1.29, 1.82) is 4.78 Å². The van der Waals surface area contributed by atoms with Crippen molar-refractivity contribution in [3.05, 3.63) is 90.6 Å². The van der Waals surface area contributed by atoms with E-state index in [2.05, 4.69) is 9.71 Å². The Labute approximate surface area is 175 Å². The predicted octanol–water partition coefficient (Wildman–Crippen LogP) is 5.15. The van der Waals surface area contributed by atoms with Gasteiger partial charge in [0.25, 0.3) is 0 Å². The Hall–Kier alpha value is -3.42. The van der Waals surface area contributed by atoms with Crippen molar-refractivity contribution >= 4 is 20.8 Å². The van der Waals surface area contributed by atoms with Gasteiger partial charge in [-0.1, -0.05) is 30.3 Å². The van der Waals surface area contributed by atoms with Gasteiger partial charge in [-0.05, 0) is 48.0 Å². The number of benzene rings is 3. The molecule has 4 rings (SSSR count). The van der Waals surface area contributed by atoms with Gasteiger partial charge in [0.15, 0.2) is 0 Å². The second-order valence-electron chi connectivity index (χ2n) is 6.63. The Morgan fingerprint density at radius 2 is 1.70 bits per heavy atom. The molecule has 0 aliphatic heterocycles. The summed E-state index contributed by atoms with van der Waals surface area (Å²) in [5.41, 5.74) is 1.74. The molecule has 0 bridgehead atoms. The second-order valence-corrected chi connectivity index (χ2v) is 8.50. The largest absolute Gasteiger partial charge is 0.497 e. The molecule has 0 aliphatic rings. The molecule has 1 heterocycles. The minimum Gasteiger partial charge on any atom is -0.497 e. The molecule has 0 amide bonds. The fourth-order valence-corrected chi connectivity index (χ4v) is 4.06. The molecule has 0 aliphatic carbocycles. The fourth-order valence-electron chi connectivity index (χ4n) is 3.01. The van der Waals surface area contributed by atoms with Gasteiger partial charge in [-0.3, -0.25) is 4.98 Å². The normalized spacial score (nSPS) is 13.0. The van der Waals surface area contributed by atoms with Gasteiger partial charge in [-0.25, -0.2) is 13.7 Å².